The van der Waals surface area contributed by atoms with E-state index < -0.39 is 5.97 Å². The molecule has 112 valence electrons. The normalized spacial score (nSPS) is 13.4. The highest BCUT2D eigenvalue weighted by Gasteiger charge is 2.13. The lowest BCUT2D eigenvalue weighted by atomic mass is 10.1. The number of benzene rings is 2. The van der Waals surface area contributed by atoms with Gasteiger partial charge in [0.25, 0.3) is 0 Å². The molecule has 2 N–H and O–H groups in total. The Balaban J connectivity index is 1.72. The zero-order chi connectivity index (χ0) is 15.4. The summed E-state index contributed by atoms with van der Waals surface area (Å²) >= 11 is 0. The monoisotopic (exact) mass is 296 g/mol. The van der Waals surface area contributed by atoms with Gasteiger partial charge in [-0.3, -0.25) is 4.99 Å². The molecule has 0 spiro atoms. The van der Waals surface area contributed by atoms with Crippen LogP contribution in [0.15, 0.2) is 53.5 Å². The van der Waals surface area contributed by atoms with Crippen LogP contribution in [0.25, 0.3) is 0 Å². The quantitative estimate of drug-likeness (QED) is 0.888. The molecule has 0 amide bonds. The first-order chi connectivity index (χ1) is 10.7. The Kier molecular flexibility index (Phi) is 4.05. The number of rotatable bonds is 5. The van der Waals surface area contributed by atoms with Crippen LogP contribution in [-0.4, -0.2) is 30.0 Å². The van der Waals surface area contributed by atoms with Gasteiger partial charge in [-0.1, -0.05) is 24.3 Å². The third kappa shape index (κ3) is 3.09. The smallest absolute Gasteiger partial charge is 0.335 e. The second-order valence-corrected chi connectivity index (χ2v) is 4.94. The van der Waals surface area contributed by atoms with Gasteiger partial charge in [0.2, 0.25) is 0 Å². The highest BCUT2D eigenvalue weighted by molar-refractivity contribution is 6.02. The Morgan fingerprint density at radius 3 is 2.64 bits per heavy atom. The number of carbonyl (C=O) groups is 1. The summed E-state index contributed by atoms with van der Waals surface area (Å²) < 4.78 is 5.87. The van der Waals surface area contributed by atoms with Crippen LogP contribution in [0, 0.1) is 0 Å². The van der Waals surface area contributed by atoms with Crippen molar-refractivity contribution in [3.63, 3.8) is 0 Å². The first-order valence-corrected chi connectivity index (χ1v) is 7.07. The van der Waals surface area contributed by atoms with Crippen molar-refractivity contribution in [2.24, 2.45) is 4.99 Å². The van der Waals surface area contributed by atoms with Gasteiger partial charge in [-0.15, -0.1) is 0 Å². The second kappa shape index (κ2) is 6.30. The zero-order valence-corrected chi connectivity index (χ0v) is 12.0. The van der Waals surface area contributed by atoms with E-state index in [1.54, 1.807) is 24.3 Å². The Hall–Kier alpha value is -2.82. The van der Waals surface area contributed by atoms with Gasteiger partial charge in [0.15, 0.2) is 0 Å². The number of aliphatic imine (C=N–C) groups is 1. The minimum atomic E-state index is -0.928. The molecular weight excluding hydrogens is 280 g/mol. The number of hydrogen-bond donors (Lipinski definition) is 2. The van der Waals surface area contributed by atoms with Crippen molar-refractivity contribution in [2.75, 3.05) is 13.1 Å². The van der Waals surface area contributed by atoms with Crippen molar-refractivity contribution < 1.29 is 14.6 Å². The summed E-state index contributed by atoms with van der Waals surface area (Å²) in [6.07, 6.45) is 0. The number of hydrogen-bond acceptors (Lipinski definition) is 4. The summed E-state index contributed by atoms with van der Waals surface area (Å²) in [5.41, 5.74) is 2.14. The van der Waals surface area contributed by atoms with E-state index in [2.05, 4.69) is 10.3 Å². The van der Waals surface area contributed by atoms with Crippen molar-refractivity contribution >= 4 is 11.8 Å². The molecule has 0 aromatic heterocycles. The van der Waals surface area contributed by atoms with Crippen molar-refractivity contribution in [1.29, 1.82) is 0 Å². The van der Waals surface area contributed by atoms with Crippen molar-refractivity contribution in [2.45, 2.75) is 6.61 Å². The first kappa shape index (κ1) is 14.1. The maximum Gasteiger partial charge on any atom is 0.335 e. The molecule has 1 heterocycles. The Labute approximate surface area is 128 Å². The second-order valence-electron chi connectivity index (χ2n) is 4.94. The third-order valence-electron chi connectivity index (χ3n) is 3.41. The van der Waals surface area contributed by atoms with Crippen molar-refractivity contribution in [3.05, 3.63) is 65.2 Å². The Bertz CT molecular complexity index is 708. The maximum absolute atomic E-state index is 10.8. The molecule has 2 aromatic rings. The summed E-state index contributed by atoms with van der Waals surface area (Å²) in [6, 6.07) is 14.4. The van der Waals surface area contributed by atoms with Gasteiger partial charge < -0.3 is 15.2 Å². The van der Waals surface area contributed by atoms with Gasteiger partial charge in [-0.2, -0.15) is 0 Å². The number of nitrogens with one attached hydrogen (secondary N) is 1. The molecule has 3 rings (SSSR count). The van der Waals surface area contributed by atoms with Gasteiger partial charge in [0, 0.05) is 6.54 Å². The molecule has 0 unspecified atom stereocenters. The van der Waals surface area contributed by atoms with E-state index in [0.29, 0.717) is 6.61 Å². The van der Waals surface area contributed by atoms with E-state index >= 15 is 0 Å². The van der Waals surface area contributed by atoms with E-state index in [-0.39, 0.29) is 5.56 Å². The average Bonchev–Trinajstić information content (AvgIpc) is 3.08. The molecular formula is C17H16N2O3. The highest BCUT2D eigenvalue weighted by Crippen LogP contribution is 2.20. The molecule has 1 aliphatic rings. The predicted octanol–water partition coefficient (Wildman–Crippen LogP) is 2.31. The fourth-order valence-corrected chi connectivity index (χ4v) is 2.27. The van der Waals surface area contributed by atoms with Crippen LogP contribution < -0.4 is 10.1 Å². The van der Waals surface area contributed by atoms with Crippen LogP contribution in [0.2, 0.25) is 0 Å². The molecule has 0 aliphatic carbocycles. The van der Waals surface area contributed by atoms with Crippen molar-refractivity contribution in [3.8, 4) is 5.75 Å². The SMILES string of the molecule is O=C(O)c1ccc(COc2ccccc2C2=NCCN2)cc1. The van der Waals surface area contributed by atoms with Crippen LogP contribution in [0.4, 0.5) is 0 Å². The minimum Gasteiger partial charge on any atom is -0.488 e. The lowest BCUT2D eigenvalue weighted by Gasteiger charge is -2.12. The summed E-state index contributed by atoms with van der Waals surface area (Å²) in [7, 11) is 0. The topological polar surface area (TPSA) is 70.9 Å². The third-order valence-corrected chi connectivity index (χ3v) is 3.41. The summed E-state index contributed by atoms with van der Waals surface area (Å²) in [5, 5.41) is 12.1. The molecule has 5 nitrogen and oxygen atoms in total. The van der Waals surface area contributed by atoms with Crippen LogP contribution in [-0.2, 0) is 6.61 Å². The van der Waals surface area contributed by atoms with Gasteiger partial charge >= 0.3 is 5.97 Å². The molecule has 2 aromatic carbocycles. The van der Waals surface area contributed by atoms with E-state index in [1.165, 1.54) is 0 Å². The summed E-state index contributed by atoms with van der Waals surface area (Å²) in [5.74, 6) is 0.693. The standard InChI is InChI=1S/C17H16N2O3/c20-17(21)13-7-5-12(6-8-13)11-22-15-4-2-1-3-14(15)16-18-9-10-19-16/h1-8H,9-11H2,(H,18,19)(H,20,21). The molecule has 0 atom stereocenters. The largest absolute Gasteiger partial charge is 0.488 e. The molecule has 0 saturated heterocycles. The van der Waals surface area contributed by atoms with Gasteiger partial charge in [0.1, 0.15) is 18.2 Å². The molecule has 5 heteroatoms. The van der Waals surface area contributed by atoms with Crippen LogP contribution in [0.1, 0.15) is 21.5 Å². The number of ether oxygens (including phenoxy) is 1. The van der Waals surface area contributed by atoms with Crippen LogP contribution in [0.5, 0.6) is 5.75 Å². The Morgan fingerprint density at radius 2 is 1.95 bits per heavy atom. The molecule has 1 aliphatic heterocycles. The molecule has 0 radical (unpaired) electrons. The predicted molar refractivity (Wildman–Crippen MR) is 83.6 cm³/mol. The van der Waals surface area contributed by atoms with Crippen LogP contribution in [0.3, 0.4) is 0 Å². The van der Waals surface area contributed by atoms with Gasteiger partial charge in [-0.25, -0.2) is 4.79 Å². The summed E-state index contributed by atoms with van der Waals surface area (Å²) in [6.45, 7) is 2.00. The molecule has 22 heavy (non-hydrogen) atoms. The maximum atomic E-state index is 10.8. The fourth-order valence-electron chi connectivity index (χ4n) is 2.27. The fraction of sp³-hybridized carbons (Fsp3) is 0.176. The number of amidine groups is 1. The van der Waals surface area contributed by atoms with E-state index in [9.17, 15) is 4.79 Å². The minimum absolute atomic E-state index is 0.272. The number of aromatic carboxylic acids is 1. The lowest BCUT2D eigenvalue weighted by Crippen LogP contribution is -2.20. The number of para-hydroxylation sites is 1. The number of carboxylic acid groups (broad SMARTS) is 1. The summed E-state index contributed by atoms with van der Waals surface area (Å²) in [4.78, 5) is 15.2. The number of nitrogens with zero attached hydrogens (tertiary/aromatic N) is 1. The average molecular weight is 296 g/mol. The Morgan fingerprint density at radius 1 is 1.18 bits per heavy atom. The van der Waals surface area contributed by atoms with Gasteiger partial charge in [-0.05, 0) is 29.8 Å². The van der Waals surface area contributed by atoms with Crippen LogP contribution >= 0.6 is 0 Å². The molecule has 0 bridgehead atoms. The molecule has 0 fully saturated rings. The highest BCUT2D eigenvalue weighted by atomic mass is 16.5. The van der Waals surface area contributed by atoms with E-state index in [1.807, 2.05) is 24.3 Å². The van der Waals surface area contributed by atoms with E-state index in [0.717, 1.165) is 35.8 Å². The first-order valence-electron chi connectivity index (χ1n) is 7.07. The lowest BCUT2D eigenvalue weighted by molar-refractivity contribution is 0.0697. The van der Waals surface area contributed by atoms with Crippen molar-refractivity contribution in [1.82, 2.24) is 5.32 Å². The number of carboxylic acids is 1. The van der Waals surface area contributed by atoms with E-state index in [4.69, 9.17) is 9.84 Å². The zero-order valence-electron chi connectivity index (χ0n) is 12.0. The molecule has 0 saturated carbocycles. The van der Waals surface area contributed by atoms with Gasteiger partial charge in [0.05, 0.1) is 17.7 Å².